The Balaban J connectivity index is 0.000000385. The van der Waals surface area contributed by atoms with Gasteiger partial charge in [-0.2, -0.15) is 0 Å². The van der Waals surface area contributed by atoms with Gasteiger partial charge in [-0.25, -0.2) is 0 Å². The molecule has 0 aliphatic heterocycles. The summed E-state index contributed by atoms with van der Waals surface area (Å²) in [6.07, 6.45) is 1.64. The van der Waals surface area contributed by atoms with Crippen molar-refractivity contribution in [3.05, 3.63) is 34.9 Å². The van der Waals surface area contributed by atoms with E-state index in [4.69, 9.17) is 26.9 Å². The largest absolute Gasteiger partial charge is 0.396 e. The van der Waals surface area contributed by atoms with Crippen LogP contribution in [0.2, 0.25) is 5.02 Å². The molecule has 0 aliphatic rings. The van der Waals surface area contributed by atoms with Crippen molar-refractivity contribution < 1.29 is 15.3 Å². The lowest BCUT2D eigenvalue weighted by molar-refractivity contribution is -0.127. The molecule has 0 aliphatic carbocycles. The topological polar surface area (TPSA) is 60.7 Å². The van der Waals surface area contributed by atoms with E-state index in [2.05, 4.69) is 0 Å². The minimum atomic E-state index is -1.50. The first-order chi connectivity index (χ1) is 7.34. The lowest BCUT2D eigenvalue weighted by atomic mass is 10.1. The van der Waals surface area contributed by atoms with E-state index >= 15 is 0 Å². The Bertz CT molecular complexity index is 289. The smallest absolute Gasteiger partial charge is 0.156 e. The molecular weight excluding hydrogens is 228 g/mol. The van der Waals surface area contributed by atoms with Crippen LogP contribution >= 0.6 is 11.6 Å². The molecule has 3 nitrogen and oxygen atoms in total. The van der Waals surface area contributed by atoms with Crippen molar-refractivity contribution in [2.75, 3.05) is 6.61 Å². The Morgan fingerprint density at radius 2 is 1.69 bits per heavy atom. The SMILES string of the molecule is CC(C)(O)O.OCCCc1ccccc1Cl. The van der Waals surface area contributed by atoms with E-state index in [0.29, 0.717) is 0 Å². The molecular formula is C12H19ClO3. The summed E-state index contributed by atoms with van der Waals surface area (Å²) in [6.45, 7) is 2.82. The van der Waals surface area contributed by atoms with E-state index in [9.17, 15) is 0 Å². The third-order valence-electron chi connectivity index (χ3n) is 1.56. The van der Waals surface area contributed by atoms with E-state index < -0.39 is 5.79 Å². The summed E-state index contributed by atoms with van der Waals surface area (Å²) in [5.74, 6) is -1.50. The Morgan fingerprint density at radius 3 is 2.12 bits per heavy atom. The minimum absolute atomic E-state index is 0.227. The van der Waals surface area contributed by atoms with Gasteiger partial charge < -0.3 is 15.3 Å². The average Bonchev–Trinajstić information content (AvgIpc) is 2.14. The van der Waals surface area contributed by atoms with Crippen molar-refractivity contribution in [2.24, 2.45) is 0 Å². The maximum absolute atomic E-state index is 8.58. The molecule has 0 fully saturated rings. The summed E-state index contributed by atoms with van der Waals surface area (Å²) in [6, 6.07) is 7.72. The van der Waals surface area contributed by atoms with E-state index in [0.717, 1.165) is 23.4 Å². The van der Waals surface area contributed by atoms with Gasteiger partial charge in [0.05, 0.1) is 0 Å². The standard InChI is InChI=1S/C9H11ClO.C3H8O2/c10-9-6-2-1-4-8(9)5-3-7-11;1-3(2,4)5/h1-2,4,6,11H,3,5,7H2;4-5H,1-2H3. The summed E-state index contributed by atoms with van der Waals surface area (Å²) < 4.78 is 0. The zero-order valence-electron chi connectivity index (χ0n) is 9.65. The van der Waals surface area contributed by atoms with Crippen LogP contribution < -0.4 is 0 Å². The van der Waals surface area contributed by atoms with E-state index in [-0.39, 0.29) is 6.61 Å². The van der Waals surface area contributed by atoms with Crippen molar-refractivity contribution in [1.29, 1.82) is 0 Å². The molecule has 0 atom stereocenters. The van der Waals surface area contributed by atoms with Crippen LogP contribution in [0.25, 0.3) is 0 Å². The van der Waals surface area contributed by atoms with Gasteiger partial charge in [0, 0.05) is 11.6 Å². The van der Waals surface area contributed by atoms with Gasteiger partial charge in [-0.1, -0.05) is 29.8 Å². The quantitative estimate of drug-likeness (QED) is 0.715. The molecule has 92 valence electrons. The molecule has 16 heavy (non-hydrogen) atoms. The van der Waals surface area contributed by atoms with Crippen LogP contribution in [0, 0.1) is 0 Å². The molecule has 1 aromatic rings. The van der Waals surface area contributed by atoms with Crippen molar-refractivity contribution in [3.63, 3.8) is 0 Å². The fourth-order valence-electron chi connectivity index (χ4n) is 0.971. The van der Waals surface area contributed by atoms with Crippen LogP contribution in [-0.4, -0.2) is 27.7 Å². The lowest BCUT2D eigenvalue weighted by Gasteiger charge is -2.03. The minimum Gasteiger partial charge on any atom is -0.396 e. The number of rotatable bonds is 3. The molecule has 0 heterocycles. The number of aliphatic hydroxyl groups excluding tert-OH is 1. The number of benzene rings is 1. The van der Waals surface area contributed by atoms with Gasteiger partial charge >= 0.3 is 0 Å². The van der Waals surface area contributed by atoms with Gasteiger partial charge in [0.25, 0.3) is 0 Å². The Hall–Kier alpha value is -0.610. The van der Waals surface area contributed by atoms with Crippen LogP contribution in [0.1, 0.15) is 25.8 Å². The fraction of sp³-hybridized carbons (Fsp3) is 0.500. The first kappa shape index (κ1) is 15.4. The molecule has 0 saturated carbocycles. The number of aryl methyl sites for hydroxylation is 1. The zero-order chi connectivity index (χ0) is 12.6. The highest BCUT2D eigenvalue weighted by atomic mass is 35.5. The highest BCUT2D eigenvalue weighted by Gasteiger charge is 2.00. The maximum atomic E-state index is 8.58. The van der Waals surface area contributed by atoms with E-state index in [1.165, 1.54) is 13.8 Å². The second-order valence-corrected chi connectivity index (χ2v) is 4.32. The molecule has 0 bridgehead atoms. The van der Waals surface area contributed by atoms with Gasteiger partial charge in [-0.15, -0.1) is 0 Å². The van der Waals surface area contributed by atoms with Gasteiger partial charge in [-0.05, 0) is 38.3 Å². The Kier molecular flexibility index (Phi) is 7.34. The monoisotopic (exact) mass is 246 g/mol. The van der Waals surface area contributed by atoms with Gasteiger partial charge in [0.1, 0.15) is 0 Å². The third kappa shape index (κ3) is 9.93. The normalized spacial score (nSPS) is 10.6. The molecule has 0 saturated heterocycles. The predicted molar refractivity (Wildman–Crippen MR) is 65.4 cm³/mol. The van der Waals surface area contributed by atoms with Crippen LogP contribution in [0.5, 0.6) is 0 Å². The number of hydrogen-bond donors (Lipinski definition) is 3. The number of aliphatic hydroxyl groups is 3. The van der Waals surface area contributed by atoms with Crippen LogP contribution in [-0.2, 0) is 6.42 Å². The maximum Gasteiger partial charge on any atom is 0.156 e. The van der Waals surface area contributed by atoms with Crippen LogP contribution in [0.4, 0.5) is 0 Å². The fourth-order valence-corrected chi connectivity index (χ4v) is 1.20. The molecule has 0 unspecified atom stereocenters. The lowest BCUT2D eigenvalue weighted by Crippen LogP contribution is -2.15. The van der Waals surface area contributed by atoms with Crippen LogP contribution in [0.3, 0.4) is 0 Å². The molecule has 0 spiro atoms. The predicted octanol–water partition coefficient (Wildman–Crippen LogP) is 1.97. The van der Waals surface area contributed by atoms with Gasteiger partial charge in [-0.3, -0.25) is 0 Å². The van der Waals surface area contributed by atoms with E-state index in [1.54, 1.807) is 0 Å². The van der Waals surface area contributed by atoms with Crippen molar-refractivity contribution in [3.8, 4) is 0 Å². The summed E-state index contributed by atoms with van der Waals surface area (Å²) in [5.41, 5.74) is 1.11. The highest BCUT2D eigenvalue weighted by molar-refractivity contribution is 6.31. The molecule has 0 radical (unpaired) electrons. The second-order valence-electron chi connectivity index (χ2n) is 3.91. The average molecular weight is 247 g/mol. The molecule has 1 rings (SSSR count). The summed E-state index contributed by atoms with van der Waals surface area (Å²) >= 11 is 5.88. The highest BCUT2D eigenvalue weighted by Crippen LogP contribution is 2.15. The third-order valence-corrected chi connectivity index (χ3v) is 1.93. The molecule has 3 N–H and O–H groups in total. The van der Waals surface area contributed by atoms with Crippen molar-refractivity contribution >= 4 is 11.6 Å². The first-order valence-electron chi connectivity index (χ1n) is 5.13. The second kappa shape index (κ2) is 7.63. The Morgan fingerprint density at radius 1 is 1.19 bits per heavy atom. The first-order valence-corrected chi connectivity index (χ1v) is 5.51. The van der Waals surface area contributed by atoms with Crippen molar-refractivity contribution in [1.82, 2.24) is 0 Å². The summed E-state index contributed by atoms with van der Waals surface area (Å²) in [5, 5.41) is 25.5. The molecule has 1 aromatic carbocycles. The summed E-state index contributed by atoms with van der Waals surface area (Å²) in [7, 11) is 0. The summed E-state index contributed by atoms with van der Waals surface area (Å²) in [4.78, 5) is 0. The van der Waals surface area contributed by atoms with Gasteiger partial charge in [0.2, 0.25) is 0 Å². The molecule has 0 amide bonds. The Labute approximate surface area is 101 Å². The van der Waals surface area contributed by atoms with Crippen LogP contribution in [0.15, 0.2) is 24.3 Å². The number of halogens is 1. The number of hydrogen-bond acceptors (Lipinski definition) is 3. The zero-order valence-corrected chi connectivity index (χ0v) is 10.4. The molecule has 4 heteroatoms. The van der Waals surface area contributed by atoms with Gasteiger partial charge in [0.15, 0.2) is 5.79 Å². The van der Waals surface area contributed by atoms with E-state index in [1.807, 2.05) is 24.3 Å². The molecule has 0 aromatic heterocycles. The van der Waals surface area contributed by atoms with Crippen molar-refractivity contribution in [2.45, 2.75) is 32.5 Å².